The van der Waals surface area contributed by atoms with Gasteiger partial charge in [-0.05, 0) is 13.3 Å². The summed E-state index contributed by atoms with van der Waals surface area (Å²) in [7, 11) is 0. The summed E-state index contributed by atoms with van der Waals surface area (Å²) in [4.78, 5) is 13.0. The van der Waals surface area contributed by atoms with Gasteiger partial charge >= 0.3 is 0 Å². The quantitative estimate of drug-likeness (QED) is 0.462. The smallest absolute Gasteiger partial charge is 0.232 e. The van der Waals surface area contributed by atoms with Gasteiger partial charge in [0.1, 0.15) is 0 Å². The summed E-state index contributed by atoms with van der Waals surface area (Å²) in [5, 5.41) is 0. The fourth-order valence-corrected chi connectivity index (χ4v) is 1.42. The Balaban J connectivity index is 2.50. The largest absolute Gasteiger partial charge is 0.338 e. The summed E-state index contributed by atoms with van der Waals surface area (Å²) >= 11 is 3.94. The average molecular weight is 171 g/mol. The van der Waals surface area contributed by atoms with Gasteiger partial charge in [0.2, 0.25) is 5.91 Å². The van der Waals surface area contributed by atoms with Crippen LogP contribution < -0.4 is 0 Å². The Hall–Kier alpha value is -0.440. The molecule has 3 heteroatoms. The number of hydrogen-bond acceptors (Lipinski definition) is 2. The van der Waals surface area contributed by atoms with Crippen molar-refractivity contribution >= 4 is 18.5 Å². The van der Waals surface area contributed by atoms with Crippen molar-refractivity contribution in [1.29, 1.82) is 0 Å². The molecule has 0 fully saturated rings. The molecule has 1 aliphatic heterocycles. The Bertz CT molecular complexity index is 189. The summed E-state index contributed by atoms with van der Waals surface area (Å²) < 4.78 is 0. The predicted molar refractivity (Wildman–Crippen MR) is 48.8 cm³/mol. The maximum Gasteiger partial charge on any atom is 0.232 e. The molecule has 1 aliphatic rings. The molecule has 1 rings (SSSR count). The first-order valence-electron chi connectivity index (χ1n) is 3.78. The number of carbonyl (C=O) groups is 1. The Morgan fingerprint density at radius 2 is 2.55 bits per heavy atom. The van der Waals surface area contributed by atoms with Gasteiger partial charge in [0.25, 0.3) is 0 Å². The van der Waals surface area contributed by atoms with E-state index in [2.05, 4.69) is 25.6 Å². The molecule has 0 radical (unpaired) electrons. The van der Waals surface area contributed by atoms with Crippen LogP contribution in [0.5, 0.6) is 0 Å². The van der Waals surface area contributed by atoms with E-state index in [4.69, 9.17) is 0 Å². The summed E-state index contributed by atoms with van der Waals surface area (Å²) in [6.07, 6.45) is 3.17. The van der Waals surface area contributed by atoms with Gasteiger partial charge in [-0.2, -0.15) is 12.6 Å². The Morgan fingerprint density at radius 1 is 1.82 bits per heavy atom. The molecule has 0 bridgehead atoms. The molecule has 0 saturated carbocycles. The van der Waals surface area contributed by atoms with Gasteiger partial charge in [0.15, 0.2) is 0 Å². The van der Waals surface area contributed by atoms with Crippen LogP contribution in [0.4, 0.5) is 0 Å². The molecular weight excluding hydrogens is 158 g/mol. The van der Waals surface area contributed by atoms with Crippen LogP contribution in [0.1, 0.15) is 13.3 Å². The summed E-state index contributed by atoms with van der Waals surface area (Å²) in [6.45, 7) is 3.70. The van der Waals surface area contributed by atoms with Crippen LogP contribution >= 0.6 is 12.6 Å². The molecule has 0 N–H and O–H groups in total. The van der Waals surface area contributed by atoms with Crippen molar-refractivity contribution in [1.82, 2.24) is 4.90 Å². The first kappa shape index (κ1) is 8.65. The lowest BCUT2D eigenvalue weighted by Crippen LogP contribution is -2.36. The molecule has 0 aromatic rings. The van der Waals surface area contributed by atoms with E-state index in [9.17, 15) is 4.79 Å². The van der Waals surface area contributed by atoms with Crippen molar-refractivity contribution in [3.05, 3.63) is 11.6 Å². The molecule has 0 aromatic carbocycles. The summed E-state index contributed by atoms with van der Waals surface area (Å²) in [6, 6.07) is 0. The zero-order valence-electron chi connectivity index (χ0n) is 6.71. The monoisotopic (exact) mass is 171 g/mol. The fraction of sp³-hybridized carbons (Fsp3) is 0.625. The zero-order valence-corrected chi connectivity index (χ0v) is 7.60. The lowest BCUT2D eigenvalue weighted by molar-refractivity contribution is -0.128. The minimum atomic E-state index is 0.140. The third-order valence-electron chi connectivity index (χ3n) is 1.82. The molecule has 0 spiro atoms. The van der Waals surface area contributed by atoms with E-state index in [1.807, 2.05) is 4.90 Å². The Kier molecular flexibility index (Phi) is 3.00. The lowest BCUT2D eigenvalue weighted by Gasteiger charge is -2.25. The maximum absolute atomic E-state index is 11.1. The molecule has 0 aliphatic carbocycles. The summed E-state index contributed by atoms with van der Waals surface area (Å²) in [5.41, 5.74) is 1.28. The second kappa shape index (κ2) is 3.81. The highest BCUT2D eigenvalue weighted by Crippen LogP contribution is 2.08. The number of nitrogens with zero attached hydrogens (tertiary/aromatic N) is 1. The van der Waals surface area contributed by atoms with E-state index >= 15 is 0 Å². The van der Waals surface area contributed by atoms with Gasteiger partial charge in [-0.15, -0.1) is 0 Å². The van der Waals surface area contributed by atoms with Crippen molar-refractivity contribution in [2.75, 3.05) is 18.8 Å². The second-order valence-corrected chi connectivity index (χ2v) is 3.13. The van der Waals surface area contributed by atoms with Gasteiger partial charge in [0.05, 0.1) is 5.75 Å². The predicted octanol–water partition coefficient (Wildman–Crippen LogP) is 1.09. The van der Waals surface area contributed by atoms with Crippen LogP contribution in [-0.2, 0) is 4.79 Å². The van der Waals surface area contributed by atoms with Crippen LogP contribution in [0.15, 0.2) is 11.6 Å². The lowest BCUT2D eigenvalue weighted by atomic mass is 10.1. The van der Waals surface area contributed by atoms with Crippen molar-refractivity contribution in [2.45, 2.75) is 13.3 Å². The number of hydrogen-bond donors (Lipinski definition) is 1. The third kappa shape index (κ3) is 2.26. The van der Waals surface area contributed by atoms with Crippen LogP contribution in [0, 0.1) is 0 Å². The molecule has 62 valence electrons. The van der Waals surface area contributed by atoms with Gasteiger partial charge in [-0.25, -0.2) is 0 Å². The highest BCUT2D eigenvalue weighted by Gasteiger charge is 2.13. The van der Waals surface area contributed by atoms with E-state index < -0.39 is 0 Å². The minimum Gasteiger partial charge on any atom is -0.338 e. The van der Waals surface area contributed by atoms with Gasteiger partial charge in [-0.3, -0.25) is 4.79 Å². The number of carbonyl (C=O) groups excluding carboxylic acids is 1. The number of amides is 1. The van der Waals surface area contributed by atoms with Crippen molar-refractivity contribution < 1.29 is 4.79 Å². The van der Waals surface area contributed by atoms with E-state index in [1.54, 1.807) is 0 Å². The Morgan fingerprint density at radius 3 is 3.09 bits per heavy atom. The first-order chi connectivity index (χ1) is 5.24. The molecular formula is C8H13NOS. The second-order valence-electron chi connectivity index (χ2n) is 2.81. The van der Waals surface area contributed by atoms with E-state index in [-0.39, 0.29) is 5.91 Å². The van der Waals surface area contributed by atoms with Gasteiger partial charge in [0, 0.05) is 13.1 Å². The SMILES string of the molecule is CC1=CCCN(C(=O)CS)C1. The number of thiol groups is 1. The molecule has 0 atom stereocenters. The highest BCUT2D eigenvalue weighted by molar-refractivity contribution is 7.81. The normalized spacial score (nSPS) is 18.0. The maximum atomic E-state index is 11.1. The molecule has 1 heterocycles. The van der Waals surface area contributed by atoms with E-state index in [0.717, 1.165) is 19.5 Å². The van der Waals surface area contributed by atoms with Crippen molar-refractivity contribution in [3.63, 3.8) is 0 Å². The molecule has 1 amide bonds. The van der Waals surface area contributed by atoms with Gasteiger partial charge < -0.3 is 4.90 Å². The molecule has 0 unspecified atom stereocenters. The van der Waals surface area contributed by atoms with Crippen LogP contribution in [-0.4, -0.2) is 29.6 Å². The van der Waals surface area contributed by atoms with Crippen LogP contribution in [0.2, 0.25) is 0 Å². The number of rotatable bonds is 1. The van der Waals surface area contributed by atoms with E-state index in [1.165, 1.54) is 5.57 Å². The first-order valence-corrected chi connectivity index (χ1v) is 4.41. The molecule has 0 saturated heterocycles. The Labute approximate surface area is 72.7 Å². The average Bonchev–Trinajstić information content (AvgIpc) is 2.03. The molecule has 11 heavy (non-hydrogen) atoms. The van der Waals surface area contributed by atoms with E-state index in [0.29, 0.717) is 5.75 Å². The van der Waals surface area contributed by atoms with Crippen molar-refractivity contribution in [2.24, 2.45) is 0 Å². The summed E-state index contributed by atoms with van der Waals surface area (Å²) in [5.74, 6) is 0.466. The van der Waals surface area contributed by atoms with Crippen LogP contribution in [0.3, 0.4) is 0 Å². The van der Waals surface area contributed by atoms with Crippen LogP contribution in [0.25, 0.3) is 0 Å². The van der Waals surface area contributed by atoms with Gasteiger partial charge in [-0.1, -0.05) is 11.6 Å². The topological polar surface area (TPSA) is 20.3 Å². The highest BCUT2D eigenvalue weighted by atomic mass is 32.1. The van der Waals surface area contributed by atoms with Crippen molar-refractivity contribution in [3.8, 4) is 0 Å². The zero-order chi connectivity index (χ0) is 8.27. The standard InChI is InChI=1S/C8H13NOS/c1-7-3-2-4-9(5-7)8(10)6-11/h3,11H,2,4-6H2,1H3. The molecule has 0 aromatic heterocycles. The minimum absolute atomic E-state index is 0.140. The molecule has 2 nitrogen and oxygen atoms in total. The fourth-order valence-electron chi connectivity index (χ4n) is 1.22. The third-order valence-corrected chi connectivity index (χ3v) is 2.09.